The Labute approximate surface area is 159 Å². The van der Waals surface area contributed by atoms with Gasteiger partial charge in [0.1, 0.15) is 5.82 Å². The molecule has 0 spiro atoms. The summed E-state index contributed by atoms with van der Waals surface area (Å²) in [5.74, 6) is 2.21. The monoisotopic (exact) mass is 363 g/mol. The molecule has 1 aliphatic heterocycles. The van der Waals surface area contributed by atoms with Crippen molar-refractivity contribution in [3.63, 3.8) is 0 Å². The smallest absolute Gasteiger partial charge is 0.244 e. The summed E-state index contributed by atoms with van der Waals surface area (Å²) in [5.41, 5.74) is 3.47. The third-order valence-corrected chi connectivity index (χ3v) is 5.06. The predicted molar refractivity (Wildman–Crippen MR) is 105 cm³/mol. The Morgan fingerprint density at radius 1 is 1.15 bits per heavy atom. The number of aromatic nitrogens is 3. The van der Waals surface area contributed by atoms with Gasteiger partial charge in [0.2, 0.25) is 11.7 Å². The lowest BCUT2D eigenvalue weighted by molar-refractivity contribution is 0.201. The van der Waals surface area contributed by atoms with Gasteiger partial charge in [-0.2, -0.15) is 4.98 Å². The van der Waals surface area contributed by atoms with Gasteiger partial charge >= 0.3 is 0 Å². The number of hydrogen-bond donors (Lipinski definition) is 0. The molecule has 0 saturated carbocycles. The lowest BCUT2D eigenvalue weighted by Gasteiger charge is -2.21. The van der Waals surface area contributed by atoms with E-state index in [9.17, 15) is 0 Å². The molecule has 0 radical (unpaired) electrons. The summed E-state index contributed by atoms with van der Waals surface area (Å²) in [6, 6.07) is 12.8. The molecule has 2 aromatic heterocycles. The molecule has 0 N–H and O–H groups in total. The van der Waals surface area contributed by atoms with Gasteiger partial charge in [-0.25, -0.2) is 4.98 Å². The summed E-state index contributed by atoms with van der Waals surface area (Å²) in [4.78, 5) is 13.5. The number of hydrogen-bond acceptors (Lipinski definition) is 6. The first-order chi connectivity index (χ1) is 13.1. The van der Waals surface area contributed by atoms with E-state index in [-0.39, 0.29) is 6.04 Å². The molecule has 0 amide bonds. The fourth-order valence-corrected chi connectivity index (χ4v) is 3.49. The predicted octanol–water partition coefficient (Wildman–Crippen LogP) is 3.84. The average Bonchev–Trinajstić information content (AvgIpc) is 3.33. The maximum atomic E-state index is 5.63. The van der Waals surface area contributed by atoms with Crippen LogP contribution in [0.15, 0.2) is 47.1 Å². The minimum Gasteiger partial charge on any atom is -0.363 e. The Hall–Kier alpha value is -2.73. The van der Waals surface area contributed by atoms with E-state index in [2.05, 4.69) is 51.2 Å². The Morgan fingerprint density at radius 2 is 1.96 bits per heavy atom. The Kier molecular flexibility index (Phi) is 4.90. The van der Waals surface area contributed by atoms with Crippen LogP contribution in [-0.2, 0) is 6.54 Å². The van der Waals surface area contributed by atoms with E-state index in [0.29, 0.717) is 11.7 Å². The number of anilines is 1. The molecule has 6 nitrogen and oxygen atoms in total. The van der Waals surface area contributed by atoms with Crippen molar-refractivity contribution in [3.05, 3.63) is 59.6 Å². The lowest BCUT2D eigenvalue weighted by Crippen LogP contribution is -2.23. The van der Waals surface area contributed by atoms with E-state index < -0.39 is 0 Å². The Balaban J connectivity index is 1.50. The highest BCUT2D eigenvalue weighted by Crippen LogP contribution is 2.33. The second kappa shape index (κ2) is 7.48. The van der Waals surface area contributed by atoms with Crippen LogP contribution in [0.5, 0.6) is 0 Å². The molecule has 1 aromatic carbocycles. The van der Waals surface area contributed by atoms with Crippen LogP contribution in [0.4, 0.5) is 5.82 Å². The number of rotatable bonds is 5. The molecule has 1 aliphatic rings. The van der Waals surface area contributed by atoms with Crippen molar-refractivity contribution < 1.29 is 4.52 Å². The van der Waals surface area contributed by atoms with Crippen molar-refractivity contribution in [1.29, 1.82) is 0 Å². The summed E-state index contributed by atoms with van der Waals surface area (Å²) in [7, 11) is 3.94. The molecular formula is C21H25N5O. The molecule has 0 aliphatic carbocycles. The zero-order chi connectivity index (χ0) is 18.8. The van der Waals surface area contributed by atoms with Gasteiger partial charge in [0.05, 0.1) is 6.04 Å². The van der Waals surface area contributed by atoms with Crippen molar-refractivity contribution in [1.82, 2.24) is 20.0 Å². The quantitative estimate of drug-likeness (QED) is 0.686. The highest BCUT2D eigenvalue weighted by molar-refractivity contribution is 5.55. The van der Waals surface area contributed by atoms with Crippen LogP contribution in [0.1, 0.15) is 35.9 Å². The van der Waals surface area contributed by atoms with Crippen LogP contribution in [0, 0.1) is 6.92 Å². The van der Waals surface area contributed by atoms with Gasteiger partial charge in [0.15, 0.2) is 0 Å². The molecule has 0 bridgehead atoms. The van der Waals surface area contributed by atoms with Gasteiger partial charge in [-0.3, -0.25) is 4.90 Å². The second-order valence-electron chi connectivity index (χ2n) is 7.37. The molecule has 3 heterocycles. The second-order valence-corrected chi connectivity index (χ2v) is 7.37. The van der Waals surface area contributed by atoms with E-state index >= 15 is 0 Å². The fourth-order valence-electron chi connectivity index (χ4n) is 3.49. The van der Waals surface area contributed by atoms with E-state index in [1.165, 1.54) is 11.1 Å². The van der Waals surface area contributed by atoms with Crippen LogP contribution < -0.4 is 4.90 Å². The summed E-state index contributed by atoms with van der Waals surface area (Å²) >= 11 is 0. The molecule has 27 heavy (non-hydrogen) atoms. The van der Waals surface area contributed by atoms with Crippen molar-refractivity contribution in [2.24, 2.45) is 0 Å². The molecule has 1 unspecified atom stereocenters. The van der Waals surface area contributed by atoms with Gasteiger partial charge in [0.25, 0.3) is 0 Å². The Morgan fingerprint density at radius 3 is 2.67 bits per heavy atom. The van der Waals surface area contributed by atoms with Crippen LogP contribution in [0.2, 0.25) is 0 Å². The summed E-state index contributed by atoms with van der Waals surface area (Å²) in [6.07, 6.45) is 3.99. The first-order valence-electron chi connectivity index (χ1n) is 9.37. The molecule has 6 heteroatoms. The van der Waals surface area contributed by atoms with Gasteiger partial charge in [-0.15, -0.1) is 0 Å². The average molecular weight is 363 g/mol. The molecule has 1 fully saturated rings. The van der Waals surface area contributed by atoms with Crippen molar-refractivity contribution in [2.75, 3.05) is 25.5 Å². The summed E-state index contributed by atoms with van der Waals surface area (Å²) in [5, 5.41) is 4.19. The minimum atomic E-state index is 0.182. The summed E-state index contributed by atoms with van der Waals surface area (Å²) in [6.45, 7) is 4.07. The van der Waals surface area contributed by atoms with Gasteiger partial charge < -0.3 is 9.42 Å². The van der Waals surface area contributed by atoms with Crippen LogP contribution in [-0.4, -0.2) is 40.7 Å². The summed E-state index contributed by atoms with van der Waals surface area (Å²) < 4.78 is 5.63. The van der Waals surface area contributed by atoms with Crippen LogP contribution >= 0.6 is 0 Å². The third-order valence-electron chi connectivity index (χ3n) is 5.06. The fraction of sp³-hybridized carbons (Fsp3) is 0.381. The zero-order valence-electron chi connectivity index (χ0n) is 16.1. The number of likely N-dealkylation sites (tertiary alicyclic amines) is 1. The minimum absolute atomic E-state index is 0.182. The lowest BCUT2D eigenvalue weighted by atomic mass is 10.1. The molecule has 1 saturated heterocycles. The van der Waals surface area contributed by atoms with Crippen LogP contribution in [0.25, 0.3) is 11.4 Å². The zero-order valence-corrected chi connectivity index (χ0v) is 16.1. The van der Waals surface area contributed by atoms with E-state index in [0.717, 1.165) is 37.3 Å². The maximum absolute atomic E-state index is 5.63. The van der Waals surface area contributed by atoms with Gasteiger partial charge in [-0.05, 0) is 44.0 Å². The van der Waals surface area contributed by atoms with Crippen molar-refractivity contribution in [2.45, 2.75) is 32.4 Å². The standard InChI is InChI=1S/C21H25N5O/c1-15-6-8-16(9-7-15)14-26-12-4-5-18(26)21-23-20(24-27-21)17-10-11-19(22-13-17)25(2)3/h6-11,13,18H,4-5,12,14H2,1-3H3. The normalized spacial score (nSPS) is 17.4. The molecular weight excluding hydrogens is 338 g/mol. The molecule has 140 valence electrons. The SMILES string of the molecule is Cc1ccc(CN2CCCC2c2nc(-c3ccc(N(C)C)nc3)no2)cc1. The Bertz CT molecular complexity index is 886. The van der Waals surface area contributed by atoms with E-state index in [4.69, 9.17) is 4.52 Å². The number of aryl methyl sites for hydroxylation is 1. The largest absolute Gasteiger partial charge is 0.363 e. The van der Waals surface area contributed by atoms with Crippen molar-refractivity contribution >= 4 is 5.82 Å². The number of pyridine rings is 1. The van der Waals surface area contributed by atoms with Crippen LogP contribution in [0.3, 0.4) is 0 Å². The highest BCUT2D eigenvalue weighted by Gasteiger charge is 2.30. The molecule has 3 aromatic rings. The third kappa shape index (κ3) is 3.85. The highest BCUT2D eigenvalue weighted by atomic mass is 16.5. The topological polar surface area (TPSA) is 58.3 Å². The maximum Gasteiger partial charge on any atom is 0.244 e. The first-order valence-corrected chi connectivity index (χ1v) is 9.37. The van der Waals surface area contributed by atoms with Crippen molar-refractivity contribution in [3.8, 4) is 11.4 Å². The van der Waals surface area contributed by atoms with E-state index in [1.807, 2.05) is 31.1 Å². The van der Waals surface area contributed by atoms with E-state index in [1.54, 1.807) is 6.20 Å². The molecule has 4 rings (SSSR count). The van der Waals surface area contributed by atoms with Gasteiger partial charge in [0, 0.05) is 32.4 Å². The number of benzene rings is 1. The first kappa shape index (κ1) is 17.7. The molecule has 1 atom stereocenters. The van der Waals surface area contributed by atoms with Gasteiger partial charge in [-0.1, -0.05) is 35.0 Å². The number of nitrogens with zero attached hydrogens (tertiary/aromatic N) is 5.